The maximum Gasteiger partial charge on any atom is 0.222 e. The van der Waals surface area contributed by atoms with Crippen LogP contribution in [0.4, 0.5) is 0 Å². The number of hydrogen-bond acceptors (Lipinski definition) is 4. The average Bonchev–Trinajstić information content (AvgIpc) is 3.07. The van der Waals surface area contributed by atoms with Gasteiger partial charge in [-0.15, -0.1) is 11.3 Å². The summed E-state index contributed by atoms with van der Waals surface area (Å²) in [5.74, 6) is 0.330. The van der Waals surface area contributed by atoms with Crippen LogP contribution in [0, 0.1) is 0 Å². The minimum atomic E-state index is 0.330. The van der Waals surface area contributed by atoms with Crippen LogP contribution in [0.5, 0.6) is 0 Å². The van der Waals surface area contributed by atoms with Crippen molar-refractivity contribution in [1.82, 2.24) is 9.80 Å². The van der Waals surface area contributed by atoms with Crippen molar-refractivity contribution in [1.29, 1.82) is 0 Å². The van der Waals surface area contributed by atoms with Gasteiger partial charge in [0.15, 0.2) is 0 Å². The molecular weight excluding hydrogens is 320 g/mol. The second-order valence-electron chi connectivity index (χ2n) is 6.87. The zero-order valence-corrected chi connectivity index (χ0v) is 16.2. The third-order valence-electron chi connectivity index (χ3n) is 4.86. The number of carbonyl (C=O) groups excluding carboxylic acids is 1. The van der Waals surface area contributed by atoms with Crippen LogP contribution in [0.1, 0.15) is 44.4 Å². The second kappa shape index (κ2) is 10.2. The lowest BCUT2D eigenvalue weighted by Gasteiger charge is -2.44. The minimum absolute atomic E-state index is 0.330. The number of ether oxygens (including phenoxy) is 1. The highest BCUT2D eigenvalue weighted by atomic mass is 32.1. The highest BCUT2D eigenvalue weighted by Gasteiger charge is 2.30. The van der Waals surface area contributed by atoms with E-state index < -0.39 is 0 Å². The first-order chi connectivity index (χ1) is 11.6. The van der Waals surface area contributed by atoms with E-state index in [1.165, 1.54) is 4.88 Å². The van der Waals surface area contributed by atoms with E-state index >= 15 is 0 Å². The van der Waals surface area contributed by atoms with Gasteiger partial charge in [-0.05, 0) is 51.0 Å². The Kier molecular flexibility index (Phi) is 8.22. The molecule has 0 aromatic carbocycles. The number of unbranched alkanes of at least 4 members (excludes halogenated alkanes) is 1. The van der Waals surface area contributed by atoms with E-state index in [1.807, 2.05) is 11.3 Å². The van der Waals surface area contributed by atoms with E-state index in [1.54, 1.807) is 7.11 Å². The maximum absolute atomic E-state index is 12.5. The van der Waals surface area contributed by atoms with Crippen molar-refractivity contribution in [3.8, 4) is 0 Å². The normalized spacial score (nSPS) is 22.0. The highest BCUT2D eigenvalue weighted by molar-refractivity contribution is 7.09. The van der Waals surface area contributed by atoms with E-state index in [0.29, 0.717) is 24.4 Å². The molecule has 0 saturated carbocycles. The SMILES string of the molecule is COCCCN1C(C)CN(C(=O)CCCCc2cccs2)CC1C. The lowest BCUT2D eigenvalue weighted by Crippen LogP contribution is -2.58. The number of thiophene rings is 1. The predicted molar refractivity (Wildman–Crippen MR) is 101 cm³/mol. The first kappa shape index (κ1) is 19.4. The van der Waals surface area contributed by atoms with Gasteiger partial charge >= 0.3 is 0 Å². The van der Waals surface area contributed by atoms with Crippen LogP contribution >= 0.6 is 11.3 Å². The first-order valence-electron chi connectivity index (χ1n) is 9.16. The van der Waals surface area contributed by atoms with Gasteiger partial charge in [0, 0.05) is 56.7 Å². The number of amides is 1. The summed E-state index contributed by atoms with van der Waals surface area (Å²) in [6, 6.07) is 5.14. The van der Waals surface area contributed by atoms with Crippen LogP contribution in [0.2, 0.25) is 0 Å². The van der Waals surface area contributed by atoms with Gasteiger partial charge in [-0.2, -0.15) is 0 Å². The number of nitrogens with zero attached hydrogens (tertiary/aromatic N) is 2. The van der Waals surface area contributed by atoms with Gasteiger partial charge in [0.2, 0.25) is 5.91 Å². The molecule has 0 N–H and O–H groups in total. The summed E-state index contributed by atoms with van der Waals surface area (Å²) >= 11 is 1.81. The van der Waals surface area contributed by atoms with Crippen molar-refractivity contribution in [2.45, 2.75) is 58.0 Å². The van der Waals surface area contributed by atoms with Crippen molar-refractivity contribution in [3.63, 3.8) is 0 Å². The largest absolute Gasteiger partial charge is 0.385 e. The Labute approximate surface area is 150 Å². The van der Waals surface area contributed by atoms with Crippen molar-refractivity contribution in [2.24, 2.45) is 0 Å². The quantitative estimate of drug-likeness (QED) is 0.639. The van der Waals surface area contributed by atoms with Crippen molar-refractivity contribution in [2.75, 3.05) is 33.4 Å². The molecule has 136 valence electrons. The molecule has 0 spiro atoms. The molecule has 1 aliphatic rings. The van der Waals surface area contributed by atoms with Gasteiger partial charge < -0.3 is 9.64 Å². The molecule has 2 rings (SSSR count). The van der Waals surface area contributed by atoms with Crippen LogP contribution < -0.4 is 0 Å². The van der Waals surface area contributed by atoms with Gasteiger partial charge in [0.05, 0.1) is 0 Å². The Hall–Kier alpha value is -0.910. The van der Waals surface area contributed by atoms with Crippen molar-refractivity contribution in [3.05, 3.63) is 22.4 Å². The Morgan fingerprint density at radius 3 is 2.62 bits per heavy atom. The van der Waals surface area contributed by atoms with Gasteiger partial charge in [-0.1, -0.05) is 6.07 Å². The average molecular weight is 353 g/mol. The summed E-state index contributed by atoms with van der Waals surface area (Å²) in [6.45, 7) is 8.06. The molecule has 0 bridgehead atoms. The Balaban J connectivity index is 1.69. The van der Waals surface area contributed by atoms with Crippen LogP contribution in [0.15, 0.2) is 17.5 Å². The highest BCUT2D eigenvalue weighted by Crippen LogP contribution is 2.18. The molecule has 2 heterocycles. The summed E-state index contributed by atoms with van der Waals surface area (Å²) in [5.41, 5.74) is 0. The molecule has 1 aliphatic heterocycles. The molecule has 24 heavy (non-hydrogen) atoms. The lowest BCUT2D eigenvalue weighted by atomic mass is 10.1. The fourth-order valence-electron chi connectivity index (χ4n) is 3.58. The first-order valence-corrected chi connectivity index (χ1v) is 10.0. The summed E-state index contributed by atoms with van der Waals surface area (Å²) in [5, 5.41) is 2.12. The van der Waals surface area contributed by atoms with E-state index in [2.05, 4.69) is 41.2 Å². The Morgan fingerprint density at radius 1 is 1.25 bits per heavy atom. The molecule has 4 nitrogen and oxygen atoms in total. The van der Waals surface area contributed by atoms with Gasteiger partial charge in [-0.25, -0.2) is 0 Å². The molecule has 1 amide bonds. The lowest BCUT2D eigenvalue weighted by molar-refractivity contribution is -0.135. The van der Waals surface area contributed by atoms with Gasteiger partial charge in [-0.3, -0.25) is 9.69 Å². The zero-order chi connectivity index (χ0) is 17.4. The smallest absolute Gasteiger partial charge is 0.222 e. The van der Waals surface area contributed by atoms with E-state index in [-0.39, 0.29) is 0 Å². The summed E-state index contributed by atoms with van der Waals surface area (Å²) in [7, 11) is 1.75. The molecule has 1 aromatic heterocycles. The molecule has 1 fully saturated rings. The number of hydrogen-bond donors (Lipinski definition) is 0. The van der Waals surface area contributed by atoms with Crippen LogP contribution in [0.3, 0.4) is 0 Å². The number of piperazine rings is 1. The molecule has 1 aromatic rings. The molecular formula is C19H32N2O2S. The van der Waals surface area contributed by atoms with Crippen LogP contribution in [-0.2, 0) is 16.0 Å². The predicted octanol–water partition coefficient (Wildman–Crippen LogP) is 3.42. The van der Waals surface area contributed by atoms with Gasteiger partial charge in [0.25, 0.3) is 0 Å². The van der Waals surface area contributed by atoms with Crippen LogP contribution in [0.25, 0.3) is 0 Å². The second-order valence-corrected chi connectivity index (χ2v) is 7.90. The number of aryl methyl sites for hydroxylation is 1. The van der Waals surface area contributed by atoms with Crippen molar-refractivity contribution >= 4 is 17.2 Å². The molecule has 2 unspecified atom stereocenters. The molecule has 0 aliphatic carbocycles. The molecule has 1 saturated heterocycles. The van der Waals surface area contributed by atoms with Crippen LogP contribution in [-0.4, -0.2) is 61.1 Å². The third-order valence-corrected chi connectivity index (χ3v) is 5.80. The molecule has 5 heteroatoms. The minimum Gasteiger partial charge on any atom is -0.385 e. The monoisotopic (exact) mass is 352 g/mol. The number of carbonyl (C=O) groups is 1. The van der Waals surface area contributed by atoms with E-state index in [4.69, 9.17) is 4.74 Å². The number of rotatable bonds is 9. The third kappa shape index (κ3) is 5.87. The van der Waals surface area contributed by atoms with Gasteiger partial charge in [0.1, 0.15) is 0 Å². The fourth-order valence-corrected chi connectivity index (χ4v) is 4.33. The topological polar surface area (TPSA) is 32.8 Å². The molecule has 0 radical (unpaired) electrons. The van der Waals surface area contributed by atoms with E-state index in [9.17, 15) is 4.79 Å². The summed E-state index contributed by atoms with van der Waals surface area (Å²) in [6.07, 6.45) is 4.95. The van der Waals surface area contributed by atoms with Crippen molar-refractivity contribution < 1.29 is 9.53 Å². The van der Waals surface area contributed by atoms with E-state index in [0.717, 1.165) is 51.9 Å². The Morgan fingerprint density at radius 2 is 2.00 bits per heavy atom. The summed E-state index contributed by atoms with van der Waals surface area (Å²) in [4.78, 5) is 18.5. The molecule has 2 atom stereocenters. The Bertz CT molecular complexity index is 466. The zero-order valence-electron chi connectivity index (χ0n) is 15.4. The summed E-state index contributed by atoms with van der Waals surface area (Å²) < 4.78 is 5.15. The fraction of sp³-hybridized carbons (Fsp3) is 0.737. The number of methoxy groups -OCH3 is 1. The standard InChI is InChI=1S/C19H32N2O2S/c1-16-14-20(15-17(2)21(16)11-7-12-23-3)19(22)10-5-4-8-18-9-6-13-24-18/h6,9,13,16-17H,4-5,7-8,10-12,14-15H2,1-3H3. The maximum atomic E-state index is 12.5.